The molecule has 3 aromatic rings. The van der Waals surface area contributed by atoms with Gasteiger partial charge in [-0.15, -0.1) is 5.10 Å². The Hall–Kier alpha value is -3.19. The van der Waals surface area contributed by atoms with E-state index in [-0.39, 0.29) is 11.6 Å². The first-order valence-corrected chi connectivity index (χ1v) is 8.53. The molecule has 0 bridgehead atoms. The average molecular weight is 385 g/mol. The number of rotatable bonds is 6. The molecule has 0 saturated carbocycles. The Morgan fingerprint density at radius 2 is 1.89 bits per heavy atom. The Morgan fingerprint density at radius 1 is 1.15 bits per heavy atom. The number of nitrogens with zero attached hydrogens (tertiary/aromatic N) is 3. The molecule has 1 amide bonds. The molecule has 0 spiro atoms. The van der Waals surface area contributed by atoms with Crippen molar-refractivity contribution >= 4 is 23.5 Å². The van der Waals surface area contributed by atoms with E-state index in [4.69, 9.17) is 11.6 Å². The zero-order valence-electron chi connectivity index (χ0n) is 14.6. The molecule has 0 aliphatic heterocycles. The van der Waals surface area contributed by atoms with Crippen molar-refractivity contribution in [3.05, 3.63) is 82.1 Å². The second-order valence-corrected chi connectivity index (χ2v) is 6.17. The van der Waals surface area contributed by atoms with Crippen molar-refractivity contribution in [1.29, 1.82) is 0 Å². The zero-order valence-corrected chi connectivity index (χ0v) is 15.3. The second kappa shape index (κ2) is 8.46. The summed E-state index contributed by atoms with van der Waals surface area (Å²) in [4.78, 5) is 23.7. The first-order chi connectivity index (χ1) is 13.1. The van der Waals surface area contributed by atoms with Crippen molar-refractivity contribution in [2.45, 2.75) is 13.1 Å². The van der Waals surface area contributed by atoms with Gasteiger partial charge in [0.2, 0.25) is 0 Å². The van der Waals surface area contributed by atoms with Crippen LogP contribution in [0.3, 0.4) is 0 Å². The number of carbonyl (C=O) groups is 2. The SMILES string of the molecule is COC(=O)c1ccc(CNC(=O)c2cn(Cc3ccccc3Cl)nn2)cc1. The second-order valence-electron chi connectivity index (χ2n) is 5.76. The number of benzene rings is 2. The van der Waals surface area contributed by atoms with Crippen molar-refractivity contribution in [1.82, 2.24) is 20.3 Å². The third-order valence-electron chi connectivity index (χ3n) is 3.89. The molecule has 1 N–H and O–H groups in total. The van der Waals surface area contributed by atoms with Crippen LogP contribution in [0.2, 0.25) is 5.02 Å². The standard InChI is InChI=1S/C19H17ClN4O3/c1-27-19(26)14-8-6-13(7-9-14)10-21-18(25)17-12-24(23-22-17)11-15-4-2-3-5-16(15)20/h2-9,12H,10-11H2,1H3,(H,21,25). The predicted molar refractivity (Wildman–Crippen MR) is 99.5 cm³/mol. The lowest BCUT2D eigenvalue weighted by molar-refractivity contribution is 0.0600. The molecular weight excluding hydrogens is 368 g/mol. The Kier molecular flexibility index (Phi) is 5.83. The van der Waals surface area contributed by atoms with Gasteiger partial charge in [0.25, 0.3) is 5.91 Å². The van der Waals surface area contributed by atoms with Crippen LogP contribution in [0.1, 0.15) is 32.0 Å². The van der Waals surface area contributed by atoms with Crippen LogP contribution in [0.15, 0.2) is 54.7 Å². The van der Waals surface area contributed by atoms with Crippen LogP contribution < -0.4 is 5.32 Å². The summed E-state index contributed by atoms with van der Waals surface area (Å²) in [7, 11) is 1.33. The van der Waals surface area contributed by atoms with Crippen LogP contribution in [0.5, 0.6) is 0 Å². The third-order valence-corrected chi connectivity index (χ3v) is 4.26. The lowest BCUT2D eigenvalue weighted by Gasteiger charge is -2.05. The van der Waals surface area contributed by atoms with Crippen molar-refractivity contribution in [2.75, 3.05) is 7.11 Å². The van der Waals surface area contributed by atoms with E-state index in [9.17, 15) is 9.59 Å². The quantitative estimate of drug-likeness (QED) is 0.660. The van der Waals surface area contributed by atoms with Crippen molar-refractivity contribution in [3.8, 4) is 0 Å². The fourth-order valence-electron chi connectivity index (χ4n) is 2.43. The maximum absolute atomic E-state index is 12.2. The smallest absolute Gasteiger partial charge is 0.337 e. The number of halogens is 1. The van der Waals surface area contributed by atoms with Crippen molar-refractivity contribution in [2.24, 2.45) is 0 Å². The molecule has 0 unspecified atom stereocenters. The highest BCUT2D eigenvalue weighted by molar-refractivity contribution is 6.31. The summed E-state index contributed by atoms with van der Waals surface area (Å²) in [6, 6.07) is 14.2. The van der Waals surface area contributed by atoms with Crippen LogP contribution in [0.25, 0.3) is 0 Å². The van der Waals surface area contributed by atoms with Crippen LogP contribution in [-0.4, -0.2) is 34.0 Å². The number of hydrogen-bond acceptors (Lipinski definition) is 5. The number of nitrogens with one attached hydrogen (secondary N) is 1. The lowest BCUT2D eigenvalue weighted by Crippen LogP contribution is -2.23. The van der Waals surface area contributed by atoms with Crippen molar-refractivity contribution in [3.63, 3.8) is 0 Å². The Morgan fingerprint density at radius 3 is 2.59 bits per heavy atom. The first kappa shape index (κ1) is 18.6. The summed E-state index contributed by atoms with van der Waals surface area (Å²) in [5.41, 5.74) is 2.41. The van der Waals surface area contributed by atoms with Crippen LogP contribution in [0, 0.1) is 0 Å². The average Bonchev–Trinajstić information content (AvgIpc) is 3.16. The van der Waals surface area contributed by atoms with Gasteiger partial charge in [-0.05, 0) is 29.3 Å². The number of hydrogen-bond donors (Lipinski definition) is 1. The maximum Gasteiger partial charge on any atom is 0.337 e. The van der Waals surface area contributed by atoms with Gasteiger partial charge in [-0.1, -0.05) is 47.1 Å². The predicted octanol–water partition coefficient (Wildman–Crippen LogP) is 2.70. The maximum atomic E-state index is 12.2. The number of carbonyl (C=O) groups excluding carboxylic acids is 2. The van der Waals surface area contributed by atoms with E-state index < -0.39 is 5.97 Å². The van der Waals surface area contributed by atoms with Gasteiger partial charge in [-0.25, -0.2) is 9.48 Å². The summed E-state index contributed by atoms with van der Waals surface area (Å²) in [6.07, 6.45) is 1.57. The van der Waals surface area contributed by atoms with E-state index in [0.717, 1.165) is 11.1 Å². The molecule has 1 aromatic heterocycles. The highest BCUT2D eigenvalue weighted by atomic mass is 35.5. The third kappa shape index (κ3) is 4.71. The van der Waals surface area contributed by atoms with E-state index >= 15 is 0 Å². The molecule has 7 nitrogen and oxygen atoms in total. The molecule has 0 aliphatic carbocycles. The monoisotopic (exact) mass is 384 g/mol. The molecule has 138 valence electrons. The number of aromatic nitrogens is 3. The topological polar surface area (TPSA) is 86.1 Å². The van der Waals surface area contributed by atoms with Gasteiger partial charge in [0, 0.05) is 11.6 Å². The minimum atomic E-state index is -0.402. The summed E-state index contributed by atoms with van der Waals surface area (Å²) >= 11 is 6.13. The summed E-state index contributed by atoms with van der Waals surface area (Å²) in [5, 5.41) is 11.3. The van der Waals surface area contributed by atoms with E-state index in [0.29, 0.717) is 23.7 Å². The number of ether oxygens (including phenoxy) is 1. The molecule has 0 atom stereocenters. The zero-order chi connectivity index (χ0) is 19.2. The van der Waals surface area contributed by atoms with E-state index in [2.05, 4.69) is 20.4 Å². The van der Waals surface area contributed by atoms with E-state index in [1.165, 1.54) is 7.11 Å². The summed E-state index contributed by atoms with van der Waals surface area (Å²) < 4.78 is 6.21. The molecular formula is C19H17ClN4O3. The van der Waals surface area contributed by atoms with Gasteiger partial charge < -0.3 is 10.1 Å². The fourth-order valence-corrected chi connectivity index (χ4v) is 2.63. The normalized spacial score (nSPS) is 10.4. The summed E-state index contributed by atoms with van der Waals surface area (Å²) in [6.45, 7) is 0.729. The molecule has 0 aliphatic rings. The van der Waals surface area contributed by atoms with Crippen LogP contribution in [-0.2, 0) is 17.8 Å². The molecule has 3 rings (SSSR count). The highest BCUT2D eigenvalue weighted by Gasteiger charge is 2.12. The van der Waals surface area contributed by atoms with Crippen molar-refractivity contribution < 1.29 is 14.3 Å². The first-order valence-electron chi connectivity index (χ1n) is 8.16. The number of esters is 1. The molecule has 1 heterocycles. The lowest BCUT2D eigenvalue weighted by atomic mass is 10.1. The van der Waals surface area contributed by atoms with Crippen LogP contribution >= 0.6 is 11.6 Å². The molecule has 0 radical (unpaired) electrons. The van der Waals surface area contributed by atoms with E-state index in [1.54, 1.807) is 41.2 Å². The van der Waals surface area contributed by atoms with Gasteiger partial charge >= 0.3 is 5.97 Å². The highest BCUT2D eigenvalue weighted by Crippen LogP contribution is 2.15. The molecule has 0 saturated heterocycles. The number of amides is 1. The van der Waals surface area contributed by atoms with Gasteiger partial charge in [0.15, 0.2) is 5.69 Å². The number of methoxy groups -OCH3 is 1. The van der Waals surface area contributed by atoms with E-state index in [1.807, 2.05) is 18.2 Å². The van der Waals surface area contributed by atoms with Crippen LogP contribution in [0.4, 0.5) is 0 Å². The Labute approximate surface area is 160 Å². The fraction of sp³-hybridized carbons (Fsp3) is 0.158. The molecule has 27 heavy (non-hydrogen) atoms. The van der Waals surface area contributed by atoms with Gasteiger partial charge in [0.05, 0.1) is 25.4 Å². The largest absolute Gasteiger partial charge is 0.465 e. The summed E-state index contributed by atoms with van der Waals surface area (Å²) in [5.74, 6) is -0.738. The Balaban J connectivity index is 1.58. The molecule has 2 aromatic carbocycles. The Bertz CT molecular complexity index is 954. The molecule has 8 heteroatoms. The van der Waals surface area contributed by atoms with Gasteiger partial charge in [0.1, 0.15) is 0 Å². The minimum absolute atomic E-state index is 0.216. The van der Waals surface area contributed by atoms with Gasteiger partial charge in [-0.3, -0.25) is 4.79 Å². The minimum Gasteiger partial charge on any atom is -0.465 e. The van der Waals surface area contributed by atoms with Gasteiger partial charge in [-0.2, -0.15) is 0 Å². The molecule has 0 fully saturated rings.